The van der Waals surface area contributed by atoms with E-state index in [4.69, 9.17) is 5.11 Å². The van der Waals surface area contributed by atoms with Crippen LogP contribution in [0.3, 0.4) is 0 Å². The number of aliphatic carboxylic acids is 1. The molecule has 11 heteroatoms. The van der Waals surface area contributed by atoms with E-state index >= 15 is 0 Å². The van der Waals surface area contributed by atoms with Crippen LogP contribution in [-0.2, 0) is 14.3 Å². The lowest BCUT2D eigenvalue weighted by Crippen LogP contribution is -2.45. The molecule has 0 aromatic heterocycles. The molecule has 0 heterocycles. The SMILES string of the molecule is CC1(C)C(C=C(F)C(=O)OC(C(F)(F)F)C(F)(F)F)C1C(=O)O. The monoisotopic (exact) mass is 352 g/mol. The van der Waals surface area contributed by atoms with Crippen LogP contribution in [0.25, 0.3) is 0 Å². The first-order valence-corrected chi connectivity index (χ1v) is 6.04. The van der Waals surface area contributed by atoms with Crippen LogP contribution >= 0.6 is 0 Å². The molecule has 2 unspecified atom stereocenters. The molecule has 0 aromatic rings. The van der Waals surface area contributed by atoms with E-state index in [0.29, 0.717) is 6.08 Å². The molecule has 1 saturated carbocycles. The zero-order chi connectivity index (χ0) is 18.4. The highest BCUT2D eigenvalue weighted by molar-refractivity contribution is 5.87. The Morgan fingerprint density at radius 2 is 1.57 bits per heavy atom. The number of hydrogen-bond donors (Lipinski definition) is 1. The van der Waals surface area contributed by atoms with Gasteiger partial charge in [0.15, 0.2) is 0 Å². The summed E-state index contributed by atoms with van der Waals surface area (Å²) in [5.41, 5.74) is -0.989. The van der Waals surface area contributed by atoms with E-state index < -0.39 is 53.5 Å². The van der Waals surface area contributed by atoms with E-state index in [0.717, 1.165) is 0 Å². The van der Waals surface area contributed by atoms with Crippen molar-refractivity contribution in [1.29, 1.82) is 0 Å². The van der Waals surface area contributed by atoms with Gasteiger partial charge in [-0.25, -0.2) is 4.79 Å². The maximum absolute atomic E-state index is 13.5. The van der Waals surface area contributed by atoms with Crippen molar-refractivity contribution in [3.05, 3.63) is 11.9 Å². The number of allylic oxidation sites excluding steroid dienone is 1. The summed E-state index contributed by atoms with van der Waals surface area (Å²) in [5.74, 6) is -7.97. The minimum atomic E-state index is -5.96. The second kappa shape index (κ2) is 5.68. The summed E-state index contributed by atoms with van der Waals surface area (Å²) in [6.45, 7) is 2.78. The van der Waals surface area contributed by atoms with Crippen LogP contribution in [0.1, 0.15) is 13.8 Å². The molecule has 1 N–H and O–H groups in total. The Bertz CT molecular complexity index is 519. The van der Waals surface area contributed by atoms with Crippen molar-refractivity contribution in [2.75, 3.05) is 0 Å². The third-order valence-corrected chi connectivity index (χ3v) is 3.52. The molecule has 0 radical (unpaired) electrons. The standard InChI is InChI=1S/C12H11F7O4/c1-10(2)4(6(10)7(20)21)3-5(13)8(22)23-9(11(14,15)16)12(17,18)19/h3-4,6,9H,1-2H3,(H,20,21). The van der Waals surface area contributed by atoms with Crippen molar-refractivity contribution in [3.8, 4) is 0 Å². The first-order chi connectivity index (χ1) is 10.1. The van der Waals surface area contributed by atoms with E-state index in [1.165, 1.54) is 13.8 Å². The van der Waals surface area contributed by atoms with Gasteiger partial charge >= 0.3 is 24.3 Å². The molecule has 2 atom stereocenters. The molecule has 4 nitrogen and oxygen atoms in total. The minimum Gasteiger partial charge on any atom is -0.481 e. The van der Waals surface area contributed by atoms with Crippen LogP contribution in [-0.4, -0.2) is 35.5 Å². The summed E-state index contributed by atoms with van der Waals surface area (Å²) >= 11 is 0. The highest BCUT2D eigenvalue weighted by Gasteiger charge is 2.62. The van der Waals surface area contributed by atoms with Crippen molar-refractivity contribution >= 4 is 11.9 Å². The molecule has 0 bridgehead atoms. The molecule has 1 aliphatic carbocycles. The molecule has 1 rings (SSSR count). The molecule has 0 saturated heterocycles. The van der Waals surface area contributed by atoms with Crippen LogP contribution in [0, 0.1) is 17.3 Å². The van der Waals surface area contributed by atoms with E-state index in [9.17, 15) is 40.3 Å². The van der Waals surface area contributed by atoms with Crippen molar-refractivity contribution in [1.82, 2.24) is 0 Å². The summed E-state index contributed by atoms with van der Waals surface area (Å²) in [6.07, 6.45) is -16.0. The Labute approximate surface area is 124 Å². The first kappa shape index (κ1) is 19.2. The Balaban J connectivity index is 2.89. The summed E-state index contributed by atoms with van der Waals surface area (Å²) in [6, 6.07) is 0. The number of halogens is 7. The van der Waals surface area contributed by atoms with E-state index in [2.05, 4.69) is 4.74 Å². The Morgan fingerprint density at radius 3 is 1.87 bits per heavy atom. The fraction of sp³-hybridized carbons (Fsp3) is 0.667. The van der Waals surface area contributed by atoms with Gasteiger partial charge in [0.05, 0.1) is 5.92 Å². The fourth-order valence-corrected chi connectivity index (χ4v) is 2.17. The van der Waals surface area contributed by atoms with Gasteiger partial charge in [0.1, 0.15) is 0 Å². The number of ether oxygens (including phenoxy) is 1. The van der Waals surface area contributed by atoms with E-state index in [-0.39, 0.29) is 0 Å². The van der Waals surface area contributed by atoms with Crippen molar-refractivity contribution in [2.24, 2.45) is 17.3 Å². The Morgan fingerprint density at radius 1 is 1.13 bits per heavy atom. The number of carboxylic acid groups (broad SMARTS) is 1. The third kappa shape index (κ3) is 4.14. The lowest BCUT2D eigenvalue weighted by Gasteiger charge is -2.22. The number of rotatable bonds is 4. The molecular weight excluding hydrogens is 341 g/mol. The summed E-state index contributed by atoms with van der Waals surface area (Å²) < 4.78 is 89.7. The average molecular weight is 352 g/mol. The van der Waals surface area contributed by atoms with Crippen LogP contribution < -0.4 is 0 Å². The van der Waals surface area contributed by atoms with Crippen molar-refractivity contribution in [2.45, 2.75) is 32.3 Å². The van der Waals surface area contributed by atoms with Gasteiger partial charge in [-0.2, -0.15) is 30.7 Å². The highest BCUT2D eigenvalue weighted by Crippen LogP contribution is 2.59. The minimum absolute atomic E-state index is 0.366. The van der Waals surface area contributed by atoms with Gasteiger partial charge in [0, 0.05) is 0 Å². The van der Waals surface area contributed by atoms with Gasteiger partial charge < -0.3 is 9.84 Å². The first-order valence-electron chi connectivity index (χ1n) is 6.04. The lowest BCUT2D eigenvalue weighted by molar-refractivity contribution is -0.312. The van der Waals surface area contributed by atoms with Crippen LogP contribution in [0.5, 0.6) is 0 Å². The van der Waals surface area contributed by atoms with Gasteiger partial charge in [0.2, 0.25) is 5.83 Å². The molecule has 1 aliphatic rings. The van der Waals surface area contributed by atoms with Crippen molar-refractivity contribution in [3.63, 3.8) is 0 Å². The number of alkyl halides is 6. The van der Waals surface area contributed by atoms with Crippen LogP contribution in [0.4, 0.5) is 30.7 Å². The van der Waals surface area contributed by atoms with Gasteiger partial charge in [-0.15, -0.1) is 0 Å². The van der Waals surface area contributed by atoms with E-state index in [1.54, 1.807) is 0 Å². The fourth-order valence-electron chi connectivity index (χ4n) is 2.17. The van der Waals surface area contributed by atoms with Gasteiger partial charge in [-0.1, -0.05) is 13.8 Å². The normalized spacial score (nSPS) is 24.5. The second-order valence-electron chi connectivity index (χ2n) is 5.55. The highest BCUT2D eigenvalue weighted by atomic mass is 19.4. The summed E-state index contributed by atoms with van der Waals surface area (Å²) in [5, 5.41) is 8.80. The Hall–Kier alpha value is -1.81. The maximum Gasteiger partial charge on any atom is 0.434 e. The number of carbonyl (C=O) groups is 2. The molecule has 23 heavy (non-hydrogen) atoms. The van der Waals surface area contributed by atoms with Crippen LogP contribution in [0.15, 0.2) is 11.9 Å². The van der Waals surface area contributed by atoms with Gasteiger partial charge in [-0.3, -0.25) is 4.79 Å². The molecular formula is C12H11F7O4. The van der Waals surface area contributed by atoms with Crippen molar-refractivity contribution < 1.29 is 50.2 Å². The maximum atomic E-state index is 13.5. The topological polar surface area (TPSA) is 63.6 Å². The number of carboxylic acids is 1. The number of carbonyl (C=O) groups excluding carboxylic acids is 1. The molecule has 0 spiro atoms. The summed E-state index contributed by atoms with van der Waals surface area (Å²) in [4.78, 5) is 21.9. The van der Waals surface area contributed by atoms with Gasteiger partial charge in [0.25, 0.3) is 6.10 Å². The molecule has 1 fully saturated rings. The van der Waals surface area contributed by atoms with E-state index in [1.807, 2.05) is 0 Å². The molecule has 132 valence electrons. The molecule has 0 amide bonds. The zero-order valence-corrected chi connectivity index (χ0v) is 11.6. The predicted octanol–water partition coefficient (Wildman–Crippen LogP) is 3.23. The largest absolute Gasteiger partial charge is 0.481 e. The second-order valence-corrected chi connectivity index (χ2v) is 5.55. The Kier molecular flexibility index (Phi) is 4.75. The van der Waals surface area contributed by atoms with Crippen LogP contribution in [0.2, 0.25) is 0 Å². The lowest BCUT2D eigenvalue weighted by atomic mass is 10.1. The molecule has 0 aliphatic heterocycles. The summed E-state index contributed by atoms with van der Waals surface area (Å²) in [7, 11) is 0. The molecule has 0 aromatic carbocycles. The average Bonchev–Trinajstić information content (AvgIpc) is 2.84. The van der Waals surface area contributed by atoms with Gasteiger partial charge in [-0.05, 0) is 17.4 Å². The third-order valence-electron chi connectivity index (χ3n) is 3.52. The predicted molar refractivity (Wildman–Crippen MR) is 59.6 cm³/mol. The number of hydrogen-bond acceptors (Lipinski definition) is 3. The quantitative estimate of drug-likeness (QED) is 0.479. The zero-order valence-electron chi connectivity index (χ0n) is 11.6. The number of esters is 1. The smallest absolute Gasteiger partial charge is 0.434 e.